The molecule has 2 aromatic carbocycles. The Morgan fingerprint density at radius 2 is 1.91 bits per heavy atom. The molecule has 4 heteroatoms. The van der Waals surface area contributed by atoms with Crippen molar-refractivity contribution in [3.8, 4) is 0 Å². The number of nitrogens with one attached hydrogen (secondary N) is 1. The molecule has 114 valence electrons. The molecule has 0 bridgehead atoms. The molecule has 0 radical (unpaired) electrons. The maximum atomic E-state index is 12.6. The van der Waals surface area contributed by atoms with Crippen LogP contribution in [0, 0.1) is 6.92 Å². The fraction of sp³-hybridized carbons (Fsp3) is 0.278. The van der Waals surface area contributed by atoms with E-state index in [1.54, 1.807) is 0 Å². The minimum Gasteiger partial charge on any atom is -0.317 e. The molecule has 0 aliphatic carbocycles. The van der Waals surface area contributed by atoms with Gasteiger partial charge < -0.3 is 10.2 Å². The SMILES string of the molecule is Cc1ccccc1NC(=O)N1CCCC1c1ccc(Cl)cc1. The van der Waals surface area contributed by atoms with Gasteiger partial charge in [-0.05, 0) is 49.1 Å². The number of hydrogen-bond donors (Lipinski definition) is 1. The van der Waals surface area contributed by atoms with Gasteiger partial charge in [0.1, 0.15) is 0 Å². The predicted octanol–water partition coefficient (Wildman–Crippen LogP) is 5.02. The predicted molar refractivity (Wildman–Crippen MR) is 90.3 cm³/mol. The van der Waals surface area contributed by atoms with Gasteiger partial charge in [0.2, 0.25) is 0 Å². The van der Waals surface area contributed by atoms with Gasteiger partial charge in [0, 0.05) is 17.3 Å². The number of likely N-dealkylation sites (tertiary alicyclic amines) is 1. The van der Waals surface area contributed by atoms with Crippen molar-refractivity contribution >= 4 is 23.3 Å². The molecule has 1 aliphatic heterocycles. The first-order chi connectivity index (χ1) is 10.6. The molecule has 3 nitrogen and oxygen atoms in total. The Morgan fingerprint density at radius 3 is 2.64 bits per heavy atom. The van der Waals surface area contributed by atoms with Crippen molar-refractivity contribution in [2.45, 2.75) is 25.8 Å². The molecule has 1 N–H and O–H groups in total. The third kappa shape index (κ3) is 3.09. The molecule has 1 saturated heterocycles. The van der Waals surface area contributed by atoms with Crippen LogP contribution in [0.25, 0.3) is 0 Å². The Hall–Kier alpha value is -2.00. The minimum atomic E-state index is -0.0354. The molecule has 1 atom stereocenters. The van der Waals surface area contributed by atoms with Gasteiger partial charge in [-0.3, -0.25) is 0 Å². The summed E-state index contributed by atoms with van der Waals surface area (Å²) in [6, 6.07) is 15.7. The van der Waals surface area contributed by atoms with Crippen LogP contribution in [-0.4, -0.2) is 17.5 Å². The monoisotopic (exact) mass is 314 g/mol. The van der Waals surface area contributed by atoms with E-state index in [-0.39, 0.29) is 12.1 Å². The van der Waals surface area contributed by atoms with Crippen molar-refractivity contribution < 1.29 is 4.79 Å². The standard InChI is InChI=1S/C18H19ClN2O/c1-13-5-2-3-6-16(13)20-18(22)21-12-4-7-17(21)14-8-10-15(19)11-9-14/h2-3,5-6,8-11,17H,4,7,12H2,1H3,(H,20,22). The second kappa shape index (κ2) is 6.41. The van der Waals surface area contributed by atoms with E-state index in [0.29, 0.717) is 0 Å². The summed E-state index contributed by atoms with van der Waals surface area (Å²) < 4.78 is 0. The summed E-state index contributed by atoms with van der Waals surface area (Å²) in [6.45, 7) is 2.78. The van der Waals surface area contributed by atoms with Gasteiger partial charge in [0.25, 0.3) is 0 Å². The lowest BCUT2D eigenvalue weighted by Gasteiger charge is -2.25. The highest BCUT2D eigenvalue weighted by molar-refractivity contribution is 6.30. The summed E-state index contributed by atoms with van der Waals surface area (Å²) in [5.74, 6) is 0. The molecule has 0 spiro atoms. The summed E-state index contributed by atoms with van der Waals surface area (Å²) in [5, 5.41) is 3.74. The fourth-order valence-electron chi connectivity index (χ4n) is 2.94. The van der Waals surface area contributed by atoms with Gasteiger partial charge >= 0.3 is 6.03 Å². The van der Waals surface area contributed by atoms with Crippen molar-refractivity contribution in [3.05, 3.63) is 64.7 Å². The molecule has 0 saturated carbocycles. The van der Waals surface area contributed by atoms with Crippen molar-refractivity contribution in [3.63, 3.8) is 0 Å². The van der Waals surface area contributed by atoms with Crippen LogP contribution in [0.4, 0.5) is 10.5 Å². The molecule has 0 aromatic heterocycles. The summed E-state index contributed by atoms with van der Waals surface area (Å²) in [5.41, 5.74) is 3.08. The van der Waals surface area contributed by atoms with E-state index in [0.717, 1.165) is 41.2 Å². The zero-order valence-corrected chi connectivity index (χ0v) is 13.3. The van der Waals surface area contributed by atoms with Crippen molar-refractivity contribution in [2.24, 2.45) is 0 Å². The van der Waals surface area contributed by atoms with Gasteiger partial charge in [0.05, 0.1) is 6.04 Å². The first-order valence-electron chi connectivity index (χ1n) is 7.54. The average molecular weight is 315 g/mol. The maximum absolute atomic E-state index is 12.6. The largest absolute Gasteiger partial charge is 0.322 e. The van der Waals surface area contributed by atoms with E-state index in [4.69, 9.17) is 11.6 Å². The number of rotatable bonds is 2. The number of carbonyl (C=O) groups excluding carboxylic acids is 1. The molecule has 3 rings (SSSR count). The van der Waals surface area contributed by atoms with Gasteiger partial charge in [-0.1, -0.05) is 41.9 Å². The van der Waals surface area contributed by atoms with Gasteiger partial charge in [-0.15, -0.1) is 0 Å². The number of anilines is 1. The topological polar surface area (TPSA) is 32.3 Å². The number of carbonyl (C=O) groups is 1. The van der Waals surface area contributed by atoms with Crippen LogP contribution in [0.2, 0.25) is 5.02 Å². The number of benzene rings is 2. The van der Waals surface area contributed by atoms with Crippen molar-refractivity contribution in [1.82, 2.24) is 4.90 Å². The summed E-state index contributed by atoms with van der Waals surface area (Å²) in [4.78, 5) is 14.5. The zero-order chi connectivity index (χ0) is 15.5. The third-order valence-electron chi connectivity index (χ3n) is 4.16. The van der Waals surface area contributed by atoms with Crippen LogP contribution in [0.15, 0.2) is 48.5 Å². The molecule has 1 aliphatic rings. The summed E-state index contributed by atoms with van der Waals surface area (Å²) in [6.07, 6.45) is 2.01. The lowest BCUT2D eigenvalue weighted by atomic mass is 10.1. The first kappa shape index (κ1) is 14.9. The molecule has 1 unspecified atom stereocenters. The number of amides is 2. The highest BCUT2D eigenvalue weighted by atomic mass is 35.5. The van der Waals surface area contributed by atoms with Crippen molar-refractivity contribution in [2.75, 3.05) is 11.9 Å². The van der Waals surface area contributed by atoms with Crippen LogP contribution >= 0.6 is 11.6 Å². The van der Waals surface area contributed by atoms with Crippen LogP contribution < -0.4 is 5.32 Å². The minimum absolute atomic E-state index is 0.0354. The number of hydrogen-bond acceptors (Lipinski definition) is 1. The number of halogens is 1. The van der Waals surface area contributed by atoms with E-state index < -0.39 is 0 Å². The van der Waals surface area contributed by atoms with E-state index >= 15 is 0 Å². The van der Waals surface area contributed by atoms with E-state index in [1.165, 1.54) is 0 Å². The van der Waals surface area contributed by atoms with Crippen LogP contribution in [-0.2, 0) is 0 Å². The Kier molecular flexibility index (Phi) is 4.34. The summed E-state index contributed by atoms with van der Waals surface area (Å²) in [7, 11) is 0. The second-order valence-corrected chi connectivity index (χ2v) is 6.08. The Bertz CT molecular complexity index is 669. The normalized spacial score (nSPS) is 17.5. The van der Waals surface area contributed by atoms with Gasteiger partial charge in [-0.2, -0.15) is 0 Å². The second-order valence-electron chi connectivity index (χ2n) is 5.65. The Balaban J connectivity index is 1.76. The molecule has 1 fully saturated rings. The average Bonchev–Trinajstić information content (AvgIpc) is 3.00. The first-order valence-corrected chi connectivity index (χ1v) is 7.91. The molecule has 22 heavy (non-hydrogen) atoms. The number of aryl methyl sites for hydroxylation is 1. The maximum Gasteiger partial charge on any atom is 0.322 e. The van der Waals surface area contributed by atoms with Gasteiger partial charge in [0.15, 0.2) is 0 Å². The summed E-state index contributed by atoms with van der Waals surface area (Å²) >= 11 is 5.95. The van der Waals surface area contributed by atoms with Crippen LogP contribution in [0.1, 0.15) is 30.0 Å². The lowest BCUT2D eigenvalue weighted by Crippen LogP contribution is -2.34. The molecule has 2 aromatic rings. The lowest BCUT2D eigenvalue weighted by molar-refractivity contribution is 0.207. The van der Waals surface area contributed by atoms with E-state index in [2.05, 4.69) is 5.32 Å². The Labute approximate surface area is 135 Å². The highest BCUT2D eigenvalue weighted by Crippen LogP contribution is 2.33. The van der Waals surface area contributed by atoms with Crippen LogP contribution in [0.3, 0.4) is 0 Å². The smallest absolute Gasteiger partial charge is 0.317 e. The van der Waals surface area contributed by atoms with E-state index in [9.17, 15) is 4.79 Å². The molecular weight excluding hydrogens is 296 g/mol. The molecular formula is C18H19ClN2O. The molecule has 1 heterocycles. The zero-order valence-electron chi connectivity index (χ0n) is 12.6. The van der Waals surface area contributed by atoms with Crippen molar-refractivity contribution in [1.29, 1.82) is 0 Å². The number of urea groups is 1. The Morgan fingerprint density at radius 1 is 1.18 bits per heavy atom. The van der Waals surface area contributed by atoms with Crippen LogP contribution in [0.5, 0.6) is 0 Å². The highest BCUT2D eigenvalue weighted by Gasteiger charge is 2.30. The van der Waals surface area contributed by atoms with Gasteiger partial charge in [-0.25, -0.2) is 4.79 Å². The number of para-hydroxylation sites is 1. The quantitative estimate of drug-likeness (QED) is 0.829. The van der Waals surface area contributed by atoms with E-state index in [1.807, 2.05) is 60.4 Å². The molecule has 2 amide bonds. The fourth-order valence-corrected chi connectivity index (χ4v) is 3.07. The third-order valence-corrected chi connectivity index (χ3v) is 4.41. The number of nitrogens with zero attached hydrogens (tertiary/aromatic N) is 1.